The summed E-state index contributed by atoms with van der Waals surface area (Å²) in [6, 6.07) is 0. The molecule has 70 valence electrons. The molecule has 1 spiro atoms. The van der Waals surface area contributed by atoms with Crippen molar-refractivity contribution in [2.45, 2.75) is 52.1 Å². The number of hydrogen-bond acceptors (Lipinski definition) is 1. The normalized spacial score (nSPS) is 46.0. The summed E-state index contributed by atoms with van der Waals surface area (Å²) < 4.78 is 0. The lowest BCUT2D eigenvalue weighted by atomic mass is 9.50. The number of aliphatic hydroxyl groups is 1. The third-order valence-corrected chi connectivity index (χ3v) is 3.59. The van der Waals surface area contributed by atoms with Gasteiger partial charge in [-0.15, -0.1) is 0 Å². The highest BCUT2D eigenvalue weighted by Gasteiger charge is 2.51. The second kappa shape index (κ2) is 2.73. The van der Waals surface area contributed by atoms with Crippen molar-refractivity contribution in [2.75, 3.05) is 0 Å². The van der Waals surface area contributed by atoms with E-state index in [1.807, 2.05) is 0 Å². The number of hydrogen-bond donors (Lipinski definition) is 1. The molecule has 1 N–H and O–H groups in total. The summed E-state index contributed by atoms with van der Waals surface area (Å²) in [5.74, 6) is 1.84. The number of aliphatic hydroxyl groups excluding tert-OH is 1. The maximum atomic E-state index is 9.22. The molecule has 12 heavy (non-hydrogen) atoms. The molecule has 0 radical (unpaired) electrons. The molecule has 0 aromatic heterocycles. The van der Waals surface area contributed by atoms with E-state index in [9.17, 15) is 5.11 Å². The van der Waals surface area contributed by atoms with Crippen LogP contribution in [0.1, 0.15) is 46.0 Å². The van der Waals surface area contributed by atoms with E-state index in [2.05, 4.69) is 13.8 Å². The molecule has 1 heteroatoms. The largest absolute Gasteiger partial charge is 0.393 e. The van der Waals surface area contributed by atoms with Crippen LogP contribution >= 0.6 is 0 Å². The third kappa shape index (κ3) is 1.39. The first-order valence-electron chi connectivity index (χ1n) is 5.28. The molecule has 0 aliphatic heterocycles. The Morgan fingerprint density at radius 1 is 1.25 bits per heavy atom. The van der Waals surface area contributed by atoms with Gasteiger partial charge in [0, 0.05) is 0 Å². The van der Waals surface area contributed by atoms with Gasteiger partial charge >= 0.3 is 0 Å². The smallest absolute Gasteiger partial charge is 0.0550 e. The minimum absolute atomic E-state index is 0.0463. The molecule has 0 unspecified atom stereocenters. The van der Waals surface area contributed by atoms with Crippen molar-refractivity contribution in [3.8, 4) is 0 Å². The summed E-state index contributed by atoms with van der Waals surface area (Å²) >= 11 is 0. The van der Waals surface area contributed by atoms with Crippen LogP contribution in [0.5, 0.6) is 0 Å². The van der Waals surface area contributed by atoms with Gasteiger partial charge < -0.3 is 5.11 Å². The van der Waals surface area contributed by atoms with Gasteiger partial charge in [-0.3, -0.25) is 0 Å². The molecule has 0 atom stereocenters. The van der Waals surface area contributed by atoms with Crippen molar-refractivity contribution in [1.82, 2.24) is 0 Å². The van der Waals surface area contributed by atoms with Gasteiger partial charge in [0.1, 0.15) is 0 Å². The molecule has 2 aliphatic carbocycles. The van der Waals surface area contributed by atoms with Crippen molar-refractivity contribution in [2.24, 2.45) is 17.3 Å². The summed E-state index contributed by atoms with van der Waals surface area (Å²) in [6.07, 6.45) is 6.45. The molecule has 2 saturated carbocycles. The summed E-state index contributed by atoms with van der Waals surface area (Å²) in [4.78, 5) is 0. The Kier molecular flexibility index (Phi) is 1.95. The lowest BCUT2D eigenvalue weighted by Crippen LogP contribution is -2.50. The van der Waals surface area contributed by atoms with Gasteiger partial charge in [0.05, 0.1) is 6.10 Å². The van der Waals surface area contributed by atoms with Gasteiger partial charge in [0.15, 0.2) is 0 Å². The van der Waals surface area contributed by atoms with Crippen LogP contribution in [0, 0.1) is 17.3 Å². The molecule has 0 aromatic rings. The zero-order valence-corrected chi connectivity index (χ0v) is 8.21. The maximum absolute atomic E-state index is 9.22. The molecular weight excluding hydrogens is 148 g/mol. The molecule has 2 fully saturated rings. The van der Waals surface area contributed by atoms with Crippen LogP contribution in [0.3, 0.4) is 0 Å². The fourth-order valence-electron chi connectivity index (χ4n) is 3.27. The second-order valence-electron chi connectivity index (χ2n) is 5.47. The van der Waals surface area contributed by atoms with Gasteiger partial charge in [0.2, 0.25) is 0 Å². The maximum Gasteiger partial charge on any atom is 0.0550 e. The van der Waals surface area contributed by atoms with Crippen LogP contribution < -0.4 is 0 Å². The van der Waals surface area contributed by atoms with Crippen molar-refractivity contribution in [3.05, 3.63) is 0 Å². The first-order valence-corrected chi connectivity index (χ1v) is 5.28. The van der Waals surface area contributed by atoms with Crippen molar-refractivity contribution in [1.29, 1.82) is 0 Å². The standard InChI is InChI=1S/C11H20O/c1-8(2)3-9-4-11(5-9)6-10(12)7-11/h8-10,12H,3-7H2,1-2H3. The second-order valence-corrected chi connectivity index (χ2v) is 5.47. The molecule has 0 saturated heterocycles. The highest BCUT2D eigenvalue weighted by atomic mass is 16.3. The van der Waals surface area contributed by atoms with Gasteiger partial charge in [-0.2, -0.15) is 0 Å². The van der Waals surface area contributed by atoms with Gasteiger partial charge in [-0.05, 0) is 49.4 Å². The summed E-state index contributed by atoms with van der Waals surface area (Å²) in [7, 11) is 0. The molecule has 0 bridgehead atoms. The van der Waals surface area contributed by atoms with Gasteiger partial charge in [-0.25, -0.2) is 0 Å². The Bertz CT molecular complexity index is 160. The van der Waals surface area contributed by atoms with E-state index in [1.165, 1.54) is 19.3 Å². The molecule has 0 heterocycles. The zero-order chi connectivity index (χ0) is 8.77. The average molecular weight is 168 g/mol. The van der Waals surface area contributed by atoms with E-state index >= 15 is 0 Å². The molecule has 2 rings (SSSR count). The van der Waals surface area contributed by atoms with Crippen molar-refractivity contribution in [3.63, 3.8) is 0 Å². The Morgan fingerprint density at radius 2 is 1.83 bits per heavy atom. The quantitative estimate of drug-likeness (QED) is 0.672. The van der Waals surface area contributed by atoms with Crippen molar-refractivity contribution < 1.29 is 5.11 Å². The molecule has 2 aliphatic rings. The van der Waals surface area contributed by atoms with E-state index in [4.69, 9.17) is 0 Å². The molecule has 0 amide bonds. The first kappa shape index (κ1) is 8.55. The molecule has 1 nitrogen and oxygen atoms in total. The lowest BCUT2D eigenvalue weighted by Gasteiger charge is -2.57. The van der Waals surface area contributed by atoms with Crippen LogP contribution in [0.2, 0.25) is 0 Å². The highest BCUT2D eigenvalue weighted by molar-refractivity contribution is 5.02. The minimum Gasteiger partial charge on any atom is -0.393 e. The van der Waals surface area contributed by atoms with Gasteiger partial charge in [-0.1, -0.05) is 13.8 Å². The monoisotopic (exact) mass is 168 g/mol. The van der Waals surface area contributed by atoms with E-state index in [-0.39, 0.29) is 6.10 Å². The molecule has 0 aromatic carbocycles. The van der Waals surface area contributed by atoms with Crippen molar-refractivity contribution >= 4 is 0 Å². The Morgan fingerprint density at radius 3 is 2.25 bits per heavy atom. The van der Waals surface area contributed by atoms with E-state index < -0.39 is 0 Å². The fourth-order valence-corrected chi connectivity index (χ4v) is 3.27. The zero-order valence-electron chi connectivity index (χ0n) is 8.21. The first-order chi connectivity index (χ1) is 5.60. The van der Waals surface area contributed by atoms with E-state index in [0.29, 0.717) is 5.41 Å². The van der Waals surface area contributed by atoms with Gasteiger partial charge in [0.25, 0.3) is 0 Å². The lowest BCUT2D eigenvalue weighted by molar-refractivity contribution is -0.114. The molecular formula is C11H20O. The summed E-state index contributed by atoms with van der Waals surface area (Å²) in [6.45, 7) is 4.61. The van der Waals surface area contributed by atoms with Crippen LogP contribution in [-0.2, 0) is 0 Å². The minimum atomic E-state index is 0.0463. The third-order valence-electron chi connectivity index (χ3n) is 3.59. The Hall–Kier alpha value is -0.0400. The highest BCUT2D eigenvalue weighted by Crippen LogP contribution is 2.59. The fraction of sp³-hybridized carbons (Fsp3) is 1.00. The van der Waals surface area contributed by atoms with E-state index in [1.54, 1.807) is 0 Å². The summed E-state index contributed by atoms with van der Waals surface area (Å²) in [5, 5.41) is 9.22. The summed E-state index contributed by atoms with van der Waals surface area (Å²) in [5.41, 5.74) is 0.624. The predicted octanol–water partition coefficient (Wildman–Crippen LogP) is 2.58. The number of rotatable bonds is 2. The van der Waals surface area contributed by atoms with E-state index in [0.717, 1.165) is 24.7 Å². The van der Waals surface area contributed by atoms with Crippen LogP contribution in [-0.4, -0.2) is 11.2 Å². The SMILES string of the molecule is CC(C)CC1CC2(CC(O)C2)C1. The topological polar surface area (TPSA) is 20.2 Å². The average Bonchev–Trinajstić information content (AvgIpc) is 1.78. The predicted molar refractivity (Wildman–Crippen MR) is 49.9 cm³/mol. The van der Waals surface area contributed by atoms with Crippen LogP contribution in [0.25, 0.3) is 0 Å². The van der Waals surface area contributed by atoms with Crippen LogP contribution in [0.4, 0.5) is 0 Å². The Labute approximate surface area is 75.2 Å². The van der Waals surface area contributed by atoms with Crippen LogP contribution in [0.15, 0.2) is 0 Å². The Balaban J connectivity index is 1.70.